The molecule has 21 N–H and O–H groups in total. The number of carbonyl (C=O) groups is 11. The molecule has 0 aliphatic carbocycles. The molecule has 0 saturated heterocycles. The minimum Gasteiger partial charge on any atom is -0.481 e. The average molecular weight is 1630 g/mol. The van der Waals surface area contributed by atoms with Gasteiger partial charge in [0.05, 0.1) is 59.8 Å². The van der Waals surface area contributed by atoms with Gasteiger partial charge in [-0.25, -0.2) is 43.7 Å². The van der Waals surface area contributed by atoms with Crippen molar-refractivity contribution in [2.45, 2.75) is 272 Å². The number of hydrogen-bond donors (Lipinski definition) is 21. The maximum atomic E-state index is 10.3. The number of rotatable bonds is 23. The fraction of sp³-hybridized carbons (Fsp3) is 0.845. The summed E-state index contributed by atoms with van der Waals surface area (Å²) in [5, 5.41) is 158. The number of hydrogen-bond acceptors (Lipinski definition) is 24. The molecule has 1 atom stereocenters. The molecule has 109 heavy (non-hydrogen) atoms. The largest absolute Gasteiger partial charge is 0.503 e. The molecule has 0 fully saturated rings. The van der Waals surface area contributed by atoms with Crippen LogP contribution in [-0.4, -0.2) is 262 Å². The Hall–Kier alpha value is -6.95. The van der Waals surface area contributed by atoms with E-state index in [1.807, 2.05) is 69.2 Å². The first-order chi connectivity index (χ1) is 49.2. The van der Waals surface area contributed by atoms with Crippen LogP contribution in [0.15, 0.2) is 0 Å². The molecule has 0 amide bonds. The molecule has 0 heterocycles. The summed E-state index contributed by atoms with van der Waals surface area (Å²) in [7, 11) is 7.55. The molecule has 38 nitrogen and oxygen atoms in total. The van der Waals surface area contributed by atoms with Crippen LogP contribution >= 0.6 is 0 Å². The standard InChI is InChI=1S/C9H20O2.C7H16O2.C7H16.C6H14O3.C6H12O3.2C6H14O.7C2H4O2.2C2H6.3CH2O3.3CH4O/c1-5-9(6-2,7-3)8-11-10-4;1-5-7(2,3)6-9-8-4;1-5-7(3,4)6-2;1-6(2,4-7)5-9-8-3;1-3-6(2,4-7)5(8)9;2*1-4-6(2,3)5-7;7*1-2(3)4;2*1-2;3*2-1(3)4;3*1-2/h5-8H2,1-4H3;5-6H2,1-4H3;5-6H2,1-4H3;7H,4-5H2,1-3H3;7H,3-4H2,1-2H3,(H,8,9);2*7H,4-5H2,1-3H3;7*1H3,(H,3,4);2*1-2H3;3*(H2,2,3,4);3*2H,1H3/t;;;;6-;;;;;;;;;;;;;;;;;/m....1................./s1. The van der Waals surface area contributed by atoms with Gasteiger partial charge >= 0.3 is 24.4 Å². The highest BCUT2D eigenvalue weighted by atomic mass is 17.2. The van der Waals surface area contributed by atoms with E-state index in [4.69, 9.17) is 165 Å². The van der Waals surface area contributed by atoms with Crippen molar-refractivity contribution in [3.05, 3.63) is 0 Å². The van der Waals surface area contributed by atoms with Crippen LogP contribution in [0.2, 0.25) is 0 Å². The second-order valence-corrected chi connectivity index (χ2v) is 23.8. The van der Waals surface area contributed by atoms with Gasteiger partial charge < -0.3 is 107 Å². The highest BCUT2D eigenvalue weighted by Crippen LogP contribution is 2.30. The molecular weight excluding hydrogens is 1460 g/mol. The third kappa shape index (κ3) is 352. The predicted molar refractivity (Wildman–Crippen MR) is 419 cm³/mol. The topological polar surface area (TPSA) is 668 Å². The molecule has 0 bridgehead atoms. The molecule has 0 aromatic rings. The summed E-state index contributed by atoms with van der Waals surface area (Å²) in [5.74, 6) is -6.77. The van der Waals surface area contributed by atoms with E-state index in [0.29, 0.717) is 50.3 Å². The summed E-state index contributed by atoms with van der Waals surface area (Å²) < 4.78 is 0. The molecule has 0 rings (SSSR count). The lowest BCUT2D eigenvalue weighted by atomic mass is 9.81. The highest BCUT2D eigenvalue weighted by Gasteiger charge is 2.29. The minimum atomic E-state index is -1.83. The number of aliphatic carboxylic acids is 8. The van der Waals surface area contributed by atoms with Crippen LogP contribution in [0.5, 0.6) is 0 Å². The summed E-state index contributed by atoms with van der Waals surface area (Å²) in [4.78, 5) is 127. The second-order valence-electron chi connectivity index (χ2n) is 23.8. The summed E-state index contributed by atoms with van der Waals surface area (Å²) in [6, 6.07) is 0. The van der Waals surface area contributed by atoms with E-state index in [2.05, 4.69) is 103 Å². The Morgan fingerprint density at radius 2 is 0.394 bits per heavy atom. The number of carboxylic acids is 8. The molecule has 0 aromatic heterocycles. The Labute approximate surface area is 652 Å². The zero-order chi connectivity index (χ0) is 94.4. The van der Waals surface area contributed by atoms with Gasteiger partial charge in [0.2, 0.25) is 0 Å². The Morgan fingerprint density at radius 3 is 0.468 bits per heavy atom. The molecule has 676 valence electrons. The van der Waals surface area contributed by atoms with E-state index in [1.165, 1.54) is 34.0 Å². The first-order valence-corrected chi connectivity index (χ1v) is 33.8. The van der Waals surface area contributed by atoms with Gasteiger partial charge in [0.25, 0.3) is 41.8 Å². The van der Waals surface area contributed by atoms with Crippen molar-refractivity contribution in [3.8, 4) is 0 Å². The number of aliphatic hydroxyl groups excluding tert-OH is 7. The van der Waals surface area contributed by atoms with Crippen LogP contribution in [0.1, 0.15) is 272 Å². The van der Waals surface area contributed by atoms with Gasteiger partial charge in [-0.15, -0.1) is 0 Å². The van der Waals surface area contributed by atoms with Crippen molar-refractivity contribution in [2.24, 2.45) is 37.9 Å². The monoisotopic (exact) mass is 1630 g/mol. The maximum Gasteiger partial charge on any atom is 0.503 e. The lowest BCUT2D eigenvalue weighted by Gasteiger charge is -2.28. The number of aliphatic hydroxyl groups is 7. The van der Waals surface area contributed by atoms with Crippen LogP contribution in [0.25, 0.3) is 0 Å². The van der Waals surface area contributed by atoms with Crippen molar-refractivity contribution >= 4 is 66.2 Å². The quantitative estimate of drug-likeness (QED) is 0.0334. The molecular formula is C71H164O38. The Morgan fingerprint density at radius 1 is 0.248 bits per heavy atom. The van der Waals surface area contributed by atoms with Gasteiger partial charge in [0.15, 0.2) is 0 Å². The molecule has 0 radical (unpaired) electrons. The predicted octanol–water partition coefficient (Wildman–Crippen LogP) is 13.7. The molecule has 0 spiro atoms. The zero-order valence-electron chi connectivity index (χ0n) is 73.6. The van der Waals surface area contributed by atoms with Gasteiger partial charge in [-0.2, -0.15) is 0 Å². The smallest absolute Gasteiger partial charge is 0.481 e. The maximum absolute atomic E-state index is 10.3. The molecule has 0 saturated carbocycles. The summed E-state index contributed by atoms with van der Waals surface area (Å²) >= 11 is 0. The van der Waals surface area contributed by atoms with Gasteiger partial charge in [0, 0.05) is 88.4 Å². The van der Waals surface area contributed by atoms with Crippen LogP contribution in [0.4, 0.5) is 14.4 Å². The fourth-order valence-electron chi connectivity index (χ4n) is 2.63. The normalized spacial score (nSPS) is 9.43. The lowest BCUT2D eigenvalue weighted by molar-refractivity contribution is -0.290. The summed E-state index contributed by atoms with van der Waals surface area (Å²) in [6.07, 6.45) is 4.21. The van der Waals surface area contributed by atoms with E-state index in [-0.39, 0.29) is 34.9 Å². The molecule has 0 unspecified atom stereocenters. The van der Waals surface area contributed by atoms with Crippen LogP contribution in [0.3, 0.4) is 0 Å². The minimum absolute atomic E-state index is 0.107. The van der Waals surface area contributed by atoms with E-state index < -0.39 is 71.6 Å². The summed E-state index contributed by atoms with van der Waals surface area (Å²) in [6.45, 7) is 59.3. The SMILES string of the molecule is CC.CC.CC(=O)O.CC(=O)O.CC(=O)O.CC(=O)O.CC(=O)O.CC(=O)O.CC(=O)O.CCC(C)(C)CC.CCC(C)(C)CO.CCC(C)(C)CO.CCC(C)(C)COOC.CCC(CC)(CC)COOC.CC[C@](C)(CO)C(=O)O.CO.CO.CO.COOCC(C)(C)CO.O=C(O)O.O=C(O)O.O=C(O)O. The van der Waals surface area contributed by atoms with E-state index in [0.717, 1.165) is 108 Å². The van der Waals surface area contributed by atoms with E-state index in [1.54, 1.807) is 14.0 Å². The zero-order valence-corrected chi connectivity index (χ0v) is 73.6. The van der Waals surface area contributed by atoms with Crippen molar-refractivity contribution in [3.63, 3.8) is 0 Å². The van der Waals surface area contributed by atoms with Crippen molar-refractivity contribution in [1.82, 2.24) is 0 Å². The molecule has 0 aromatic carbocycles. The van der Waals surface area contributed by atoms with Crippen molar-refractivity contribution in [2.75, 3.05) is 88.9 Å². The first kappa shape index (κ1) is 163. The van der Waals surface area contributed by atoms with E-state index >= 15 is 0 Å². The Bertz CT molecular complexity index is 1530. The van der Waals surface area contributed by atoms with Crippen LogP contribution in [-0.2, 0) is 67.7 Å². The Kier molecular flexibility index (Phi) is 186. The third-order valence-corrected chi connectivity index (χ3v) is 11.6. The Balaban J connectivity index is -0.0000000370. The third-order valence-electron chi connectivity index (χ3n) is 11.6. The van der Waals surface area contributed by atoms with Crippen molar-refractivity contribution in [1.29, 1.82) is 0 Å². The van der Waals surface area contributed by atoms with Gasteiger partial charge in [-0.05, 0) is 78.9 Å². The fourth-order valence-corrected chi connectivity index (χ4v) is 2.63. The summed E-state index contributed by atoms with van der Waals surface area (Å²) in [5.41, 5.74) is 0.294. The van der Waals surface area contributed by atoms with E-state index in [9.17, 15) is 4.79 Å². The first-order valence-electron chi connectivity index (χ1n) is 33.8. The van der Waals surface area contributed by atoms with Gasteiger partial charge in [0.1, 0.15) is 0 Å². The van der Waals surface area contributed by atoms with Crippen LogP contribution < -0.4 is 0 Å². The molecule has 38 heteroatoms. The van der Waals surface area contributed by atoms with Gasteiger partial charge in [-0.1, -0.05) is 172 Å². The van der Waals surface area contributed by atoms with Crippen molar-refractivity contribution < 1.29 is 189 Å². The molecule has 0 aliphatic rings. The average Bonchev–Trinajstić information content (AvgIpc) is 0.959. The molecule has 0 aliphatic heterocycles. The lowest BCUT2D eigenvalue weighted by Crippen LogP contribution is -2.30. The van der Waals surface area contributed by atoms with Crippen LogP contribution in [0, 0.1) is 37.9 Å². The second kappa shape index (κ2) is 125. The highest BCUT2D eigenvalue weighted by molar-refractivity contribution is 5.74. The van der Waals surface area contributed by atoms with Gasteiger partial charge in [-0.3, -0.25) is 38.4 Å². The number of carboxylic acid groups (broad SMARTS) is 14.